The van der Waals surface area contributed by atoms with Crippen LogP contribution in [0.3, 0.4) is 0 Å². The lowest BCUT2D eigenvalue weighted by Crippen LogP contribution is -2.19. The average molecular weight is 342 g/mol. The Morgan fingerprint density at radius 2 is 2.08 bits per heavy atom. The van der Waals surface area contributed by atoms with Gasteiger partial charge in [-0.2, -0.15) is 5.10 Å². The number of benzene rings is 1. The van der Waals surface area contributed by atoms with Crippen LogP contribution in [0, 0.1) is 0 Å². The molecule has 124 valence electrons. The van der Waals surface area contributed by atoms with Crippen molar-refractivity contribution in [1.29, 1.82) is 0 Å². The highest BCUT2D eigenvalue weighted by atomic mass is 32.1. The average Bonchev–Trinajstić information content (AvgIpc) is 3.24. The van der Waals surface area contributed by atoms with Crippen molar-refractivity contribution in [2.24, 2.45) is 0 Å². The fourth-order valence-corrected chi connectivity index (χ4v) is 3.24. The molecule has 2 aromatic heterocycles. The molecule has 2 heterocycles. The summed E-state index contributed by atoms with van der Waals surface area (Å²) < 4.78 is 4.75. The number of thiazole rings is 1. The minimum absolute atomic E-state index is 0.396. The van der Waals surface area contributed by atoms with Crippen LogP contribution >= 0.6 is 11.3 Å². The molecule has 0 fully saturated rings. The molecular weight excluding hydrogens is 324 g/mol. The van der Waals surface area contributed by atoms with Gasteiger partial charge in [0.15, 0.2) is 0 Å². The number of carbonyl (C=O) groups is 1. The summed E-state index contributed by atoms with van der Waals surface area (Å²) in [7, 11) is 3.34. The largest absolute Gasteiger partial charge is 0.464 e. The third kappa shape index (κ3) is 3.69. The van der Waals surface area contributed by atoms with Gasteiger partial charge in [0.2, 0.25) is 0 Å². The van der Waals surface area contributed by atoms with Crippen molar-refractivity contribution in [3.05, 3.63) is 58.9 Å². The third-order valence-electron chi connectivity index (χ3n) is 3.55. The van der Waals surface area contributed by atoms with Gasteiger partial charge in [0.1, 0.15) is 10.7 Å². The maximum Gasteiger partial charge on any atom is 0.356 e. The van der Waals surface area contributed by atoms with E-state index in [0.717, 1.165) is 21.8 Å². The second-order valence-corrected chi connectivity index (χ2v) is 6.30. The fraction of sp³-hybridized carbons (Fsp3) is 0.235. The Bertz CT molecular complexity index is 813. The van der Waals surface area contributed by atoms with E-state index < -0.39 is 5.97 Å². The van der Waals surface area contributed by atoms with E-state index in [4.69, 9.17) is 4.74 Å². The molecule has 0 saturated heterocycles. The SMILES string of the molecule is COC(=O)c1[nH]ncc1CN(C)Cc1csc(-c2ccccc2)n1. The van der Waals surface area contributed by atoms with Gasteiger partial charge in [-0.1, -0.05) is 30.3 Å². The Morgan fingerprint density at radius 1 is 1.29 bits per heavy atom. The van der Waals surface area contributed by atoms with Crippen molar-refractivity contribution < 1.29 is 9.53 Å². The molecule has 0 atom stereocenters. The van der Waals surface area contributed by atoms with Gasteiger partial charge in [0.05, 0.1) is 19.0 Å². The molecule has 0 aliphatic carbocycles. The number of esters is 1. The normalized spacial score (nSPS) is 11.0. The number of H-pyrrole nitrogens is 1. The molecule has 0 spiro atoms. The highest BCUT2D eigenvalue weighted by Gasteiger charge is 2.16. The summed E-state index contributed by atoms with van der Waals surface area (Å²) in [5, 5.41) is 9.69. The van der Waals surface area contributed by atoms with E-state index in [1.807, 2.05) is 25.2 Å². The maximum absolute atomic E-state index is 11.7. The second kappa shape index (κ2) is 7.37. The molecule has 1 N–H and O–H groups in total. The van der Waals surface area contributed by atoms with E-state index in [2.05, 4.69) is 37.6 Å². The zero-order valence-corrected chi connectivity index (χ0v) is 14.3. The van der Waals surface area contributed by atoms with Gasteiger partial charge in [-0.3, -0.25) is 10.00 Å². The van der Waals surface area contributed by atoms with E-state index in [-0.39, 0.29) is 0 Å². The summed E-state index contributed by atoms with van der Waals surface area (Å²) in [6.07, 6.45) is 1.65. The van der Waals surface area contributed by atoms with Crippen LogP contribution in [0.2, 0.25) is 0 Å². The Morgan fingerprint density at radius 3 is 2.83 bits per heavy atom. The van der Waals surface area contributed by atoms with E-state index in [9.17, 15) is 4.79 Å². The molecule has 0 aliphatic rings. The van der Waals surface area contributed by atoms with Gasteiger partial charge < -0.3 is 4.74 Å². The maximum atomic E-state index is 11.7. The number of aromatic amines is 1. The first kappa shape index (κ1) is 16.4. The molecule has 0 saturated carbocycles. The summed E-state index contributed by atoms with van der Waals surface area (Å²) in [4.78, 5) is 18.4. The van der Waals surface area contributed by atoms with Gasteiger partial charge in [0, 0.05) is 29.6 Å². The Kier molecular flexibility index (Phi) is 5.02. The number of hydrogen-bond acceptors (Lipinski definition) is 6. The molecule has 7 heteroatoms. The van der Waals surface area contributed by atoms with E-state index in [1.165, 1.54) is 7.11 Å². The molecule has 0 aliphatic heterocycles. The number of hydrogen-bond donors (Lipinski definition) is 1. The van der Waals surface area contributed by atoms with E-state index in [1.54, 1.807) is 17.5 Å². The number of methoxy groups -OCH3 is 1. The first-order chi connectivity index (χ1) is 11.7. The minimum atomic E-state index is -0.407. The van der Waals surface area contributed by atoms with Crippen LogP contribution in [-0.4, -0.2) is 40.2 Å². The van der Waals surface area contributed by atoms with Gasteiger partial charge in [0.25, 0.3) is 0 Å². The fourth-order valence-electron chi connectivity index (χ4n) is 2.43. The number of ether oxygens (including phenoxy) is 1. The van der Waals surface area contributed by atoms with Gasteiger partial charge in [-0.25, -0.2) is 9.78 Å². The molecule has 6 nitrogen and oxygen atoms in total. The lowest BCUT2D eigenvalue weighted by molar-refractivity contribution is 0.0591. The third-order valence-corrected chi connectivity index (χ3v) is 4.49. The monoisotopic (exact) mass is 342 g/mol. The summed E-state index contributed by atoms with van der Waals surface area (Å²) in [5.41, 5.74) is 3.33. The lowest BCUT2D eigenvalue weighted by Gasteiger charge is -2.14. The van der Waals surface area contributed by atoms with Gasteiger partial charge in [-0.15, -0.1) is 11.3 Å². The Labute approximate surface area is 144 Å². The molecular formula is C17H18N4O2S. The number of rotatable bonds is 6. The Hall–Kier alpha value is -2.51. The number of nitrogens with one attached hydrogen (secondary N) is 1. The number of nitrogens with zero attached hydrogens (tertiary/aromatic N) is 3. The quantitative estimate of drug-likeness (QED) is 0.697. The predicted octanol–water partition coefficient (Wildman–Crippen LogP) is 2.95. The zero-order valence-electron chi connectivity index (χ0n) is 13.5. The summed E-state index contributed by atoms with van der Waals surface area (Å²) in [6.45, 7) is 1.27. The van der Waals surface area contributed by atoms with Crippen molar-refractivity contribution >= 4 is 17.3 Å². The van der Waals surface area contributed by atoms with Crippen LogP contribution in [0.15, 0.2) is 41.9 Å². The van der Waals surface area contributed by atoms with Gasteiger partial charge >= 0.3 is 5.97 Å². The predicted molar refractivity (Wildman–Crippen MR) is 92.6 cm³/mol. The lowest BCUT2D eigenvalue weighted by atomic mass is 10.2. The number of carbonyl (C=O) groups excluding carboxylic acids is 1. The van der Waals surface area contributed by atoms with E-state index in [0.29, 0.717) is 18.8 Å². The first-order valence-corrected chi connectivity index (χ1v) is 8.34. The van der Waals surface area contributed by atoms with Crippen LogP contribution in [0.5, 0.6) is 0 Å². The molecule has 3 aromatic rings. The van der Waals surface area contributed by atoms with Crippen LogP contribution < -0.4 is 0 Å². The highest BCUT2D eigenvalue weighted by molar-refractivity contribution is 7.13. The van der Waals surface area contributed by atoms with Crippen molar-refractivity contribution in [2.45, 2.75) is 13.1 Å². The highest BCUT2D eigenvalue weighted by Crippen LogP contribution is 2.24. The van der Waals surface area contributed by atoms with Crippen LogP contribution in [0.25, 0.3) is 10.6 Å². The molecule has 0 radical (unpaired) electrons. The summed E-state index contributed by atoms with van der Waals surface area (Å²) in [6, 6.07) is 10.1. The minimum Gasteiger partial charge on any atom is -0.464 e. The first-order valence-electron chi connectivity index (χ1n) is 7.46. The van der Waals surface area contributed by atoms with Crippen molar-refractivity contribution in [2.75, 3.05) is 14.2 Å². The molecule has 3 rings (SSSR count). The molecule has 1 aromatic carbocycles. The van der Waals surface area contributed by atoms with Crippen LogP contribution in [0.1, 0.15) is 21.7 Å². The van der Waals surface area contributed by atoms with Crippen molar-refractivity contribution in [3.8, 4) is 10.6 Å². The summed E-state index contributed by atoms with van der Waals surface area (Å²) in [5.74, 6) is -0.407. The van der Waals surface area contributed by atoms with Crippen LogP contribution in [0.4, 0.5) is 0 Å². The topological polar surface area (TPSA) is 71.1 Å². The molecule has 0 unspecified atom stereocenters. The Balaban J connectivity index is 1.66. The van der Waals surface area contributed by atoms with Crippen molar-refractivity contribution in [1.82, 2.24) is 20.1 Å². The van der Waals surface area contributed by atoms with Crippen molar-refractivity contribution in [3.63, 3.8) is 0 Å². The molecule has 0 bridgehead atoms. The zero-order chi connectivity index (χ0) is 16.9. The standard InChI is InChI=1S/C17H18N4O2S/c1-21(9-13-8-18-20-15(13)17(22)23-2)10-14-11-24-16(19-14)12-6-4-3-5-7-12/h3-8,11H,9-10H2,1-2H3,(H,18,20). The summed E-state index contributed by atoms with van der Waals surface area (Å²) >= 11 is 1.63. The molecule has 0 amide bonds. The molecule has 24 heavy (non-hydrogen) atoms. The van der Waals surface area contributed by atoms with Crippen LogP contribution in [-0.2, 0) is 17.8 Å². The second-order valence-electron chi connectivity index (χ2n) is 5.44. The number of aromatic nitrogens is 3. The van der Waals surface area contributed by atoms with Gasteiger partial charge in [-0.05, 0) is 7.05 Å². The van der Waals surface area contributed by atoms with E-state index >= 15 is 0 Å². The smallest absolute Gasteiger partial charge is 0.356 e.